The van der Waals surface area contributed by atoms with Crippen LogP contribution in [0.3, 0.4) is 0 Å². The van der Waals surface area contributed by atoms with E-state index in [0.29, 0.717) is 29.5 Å². The van der Waals surface area contributed by atoms with Crippen molar-refractivity contribution in [2.75, 3.05) is 19.0 Å². The molecule has 1 atom stereocenters. The van der Waals surface area contributed by atoms with E-state index < -0.39 is 5.60 Å². The van der Waals surface area contributed by atoms with E-state index in [1.165, 1.54) is 0 Å². The number of hydrogen-bond donors (Lipinski definition) is 1. The number of nitrogens with one attached hydrogen (secondary N) is 1. The fraction of sp³-hybridized carbons (Fsp3) is 0.556. The SMILES string of the molecule is CO[C@](C)(C(=O)Nc1ccc(OCC(C)C)c(C#N)c1)C1CC1. The first-order valence-electron chi connectivity index (χ1n) is 7.94. The van der Waals surface area contributed by atoms with Crippen LogP contribution in [0.2, 0.25) is 0 Å². The Bertz CT molecular complexity index is 617. The highest BCUT2D eigenvalue weighted by Gasteiger charge is 2.47. The van der Waals surface area contributed by atoms with Crippen LogP contribution in [0.1, 0.15) is 39.2 Å². The smallest absolute Gasteiger partial charge is 0.256 e. The fourth-order valence-corrected chi connectivity index (χ4v) is 2.41. The Morgan fingerprint density at radius 1 is 1.48 bits per heavy atom. The van der Waals surface area contributed by atoms with E-state index in [0.717, 1.165) is 12.8 Å². The van der Waals surface area contributed by atoms with Crippen molar-refractivity contribution in [3.8, 4) is 11.8 Å². The molecule has 23 heavy (non-hydrogen) atoms. The monoisotopic (exact) mass is 316 g/mol. The van der Waals surface area contributed by atoms with Gasteiger partial charge in [0.15, 0.2) is 0 Å². The third-order valence-corrected chi connectivity index (χ3v) is 4.16. The maximum absolute atomic E-state index is 12.5. The Morgan fingerprint density at radius 3 is 2.70 bits per heavy atom. The van der Waals surface area contributed by atoms with Crippen molar-refractivity contribution in [3.05, 3.63) is 23.8 Å². The molecule has 5 nitrogen and oxygen atoms in total. The van der Waals surface area contributed by atoms with Gasteiger partial charge in [0, 0.05) is 12.8 Å². The number of anilines is 1. The number of carbonyl (C=O) groups excluding carboxylic acids is 1. The summed E-state index contributed by atoms with van der Waals surface area (Å²) < 4.78 is 11.1. The molecule has 0 aliphatic heterocycles. The van der Waals surface area contributed by atoms with E-state index in [1.54, 1.807) is 25.3 Å². The zero-order chi connectivity index (χ0) is 17.0. The number of carbonyl (C=O) groups is 1. The second kappa shape index (κ2) is 7.01. The van der Waals surface area contributed by atoms with Crippen LogP contribution in [0.25, 0.3) is 0 Å². The average Bonchev–Trinajstić information content (AvgIpc) is 3.37. The second-order valence-electron chi connectivity index (χ2n) is 6.57. The Balaban J connectivity index is 2.11. The molecular weight excluding hydrogens is 292 g/mol. The van der Waals surface area contributed by atoms with Crippen molar-refractivity contribution in [1.82, 2.24) is 0 Å². The molecule has 1 N–H and O–H groups in total. The van der Waals surface area contributed by atoms with E-state index in [1.807, 2.05) is 20.8 Å². The van der Waals surface area contributed by atoms with Gasteiger partial charge in [-0.2, -0.15) is 5.26 Å². The standard InChI is InChI=1S/C18H24N2O3/c1-12(2)11-23-16-8-7-15(9-13(16)10-19)20-17(21)18(3,22-4)14-5-6-14/h7-9,12,14H,5-6,11H2,1-4H3,(H,20,21)/t18-/m0/s1. The maximum Gasteiger partial charge on any atom is 0.256 e. The van der Waals surface area contributed by atoms with Gasteiger partial charge in [-0.05, 0) is 49.8 Å². The minimum absolute atomic E-state index is 0.178. The summed E-state index contributed by atoms with van der Waals surface area (Å²) in [7, 11) is 1.56. The quantitative estimate of drug-likeness (QED) is 0.837. The van der Waals surface area contributed by atoms with Gasteiger partial charge in [-0.1, -0.05) is 13.8 Å². The van der Waals surface area contributed by atoms with Crippen LogP contribution in [-0.4, -0.2) is 25.2 Å². The molecule has 0 bridgehead atoms. The number of hydrogen-bond acceptors (Lipinski definition) is 4. The van der Waals surface area contributed by atoms with Crippen molar-refractivity contribution in [2.24, 2.45) is 11.8 Å². The molecule has 124 valence electrons. The molecule has 0 saturated heterocycles. The summed E-state index contributed by atoms with van der Waals surface area (Å²) in [4.78, 5) is 12.5. The van der Waals surface area contributed by atoms with Gasteiger partial charge in [-0.25, -0.2) is 0 Å². The molecule has 2 rings (SSSR count). The lowest BCUT2D eigenvalue weighted by Gasteiger charge is -2.26. The Hall–Kier alpha value is -2.06. The highest BCUT2D eigenvalue weighted by Crippen LogP contribution is 2.42. The number of nitrogens with zero attached hydrogens (tertiary/aromatic N) is 1. The lowest BCUT2D eigenvalue weighted by molar-refractivity contribution is -0.138. The molecule has 1 fully saturated rings. The molecule has 0 unspecified atom stereocenters. The van der Waals surface area contributed by atoms with Gasteiger partial charge >= 0.3 is 0 Å². The summed E-state index contributed by atoms with van der Waals surface area (Å²) in [5.74, 6) is 0.997. The normalized spacial score (nSPS) is 16.5. The number of amides is 1. The van der Waals surface area contributed by atoms with Crippen LogP contribution in [-0.2, 0) is 9.53 Å². The number of benzene rings is 1. The molecule has 1 aromatic rings. The van der Waals surface area contributed by atoms with Crippen LogP contribution in [0.5, 0.6) is 5.75 Å². The minimum atomic E-state index is -0.820. The van der Waals surface area contributed by atoms with Crippen LogP contribution in [0.4, 0.5) is 5.69 Å². The maximum atomic E-state index is 12.5. The summed E-state index contributed by atoms with van der Waals surface area (Å²) in [6.45, 7) is 6.45. The van der Waals surface area contributed by atoms with Crippen molar-refractivity contribution in [1.29, 1.82) is 5.26 Å². The zero-order valence-corrected chi connectivity index (χ0v) is 14.2. The molecule has 5 heteroatoms. The average molecular weight is 316 g/mol. The highest BCUT2D eigenvalue weighted by atomic mass is 16.5. The van der Waals surface area contributed by atoms with Gasteiger partial charge in [-0.3, -0.25) is 4.79 Å². The topological polar surface area (TPSA) is 71.3 Å². The third kappa shape index (κ3) is 4.02. The first-order chi connectivity index (χ1) is 10.9. The largest absolute Gasteiger partial charge is 0.492 e. The molecule has 1 saturated carbocycles. The van der Waals surface area contributed by atoms with Crippen LogP contribution in [0.15, 0.2) is 18.2 Å². The van der Waals surface area contributed by atoms with Gasteiger partial charge in [0.1, 0.15) is 17.4 Å². The van der Waals surface area contributed by atoms with Crippen molar-refractivity contribution >= 4 is 11.6 Å². The predicted molar refractivity (Wildman–Crippen MR) is 88.3 cm³/mol. The molecule has 0 aromatic heterocycles. The van der Waals surface area contributed by atoms with Crippen LogP contribution >= 0.6 is 0 Å². The van der Waals surface area contributed by atoms with Gasteiger partial charge in [0.2, 0.25) is 0 Å². The second-order valence-corrected chi connectivity index (χ2v) is 6.57. The van der Waals surface area contributed by atoms with Gasteiger partial charge in [0.05, 0.1) is 12.2 Å². The Morgan fingerprint density at radius 2 is 2.17 bits per heavy atom. The van der Waals surface area contributed by atoms with Crippen molar-refractivity contribution in [2.45, 2.75) is 39.2 Å². The zero-order valence-electron chi connectivity index (χ0n) is 14.2. The molecule has 0 radical (unpaired) electrons. The summed E-state index contributed by atoms with van der Waals surface area (Å²) in [5, 5.41) is 12.1. The fourth-order valence-electron chi connectivity index (χ4n) is 2.41. The van der Waals surface area contributed by atoms with Gasteiger partial charge in [-0.15, -0.1) is 0 Å². The molecule has 1 aromatic carbocycles. The number of ether oxygens (including phenoxy) is 2. The van der Waals surface area contributed by atoms with Crippen molar-refractivity contribution in [3.63, 3.8) is 0 Å². The van der Waals surface area contributed by atoms with E-state index >= 15 is 0 Å². The molecule has 1 amide bonds. The molecule has 0 heterocycles. The van der Waals surface area contributed by atoms with E-state index in [4.69, 9.17) is 9.47 Å². The van der Waals surface area contributed by atoms with Gasteiger partial charge in [0.25, 0.3) is 5.91 Å². The molecule has 1 aliphatic rings. The summed E-state index contributed by atoms with van der Waals surface area (Å²) in [6.07, 6.45) is 2.01. The first-order valence-corrected chi connectivity index (χ1v) is 7.94. The summed E-state index contributed by atoms with van der Waals surface area (Å²) in [6, 6.07) is 7.22. The molecule has 1 aliphatic carbocycles. The molecule has 0 spiro atoms. The predicted octanol–water partition coefficient (Wildman–Crippen LogP) is 3.35. The van der Waals surface area contributed by atoms with E-state index in [-0.39, 0.29) is 11.8 Å². The van der Waals surface area contributed by atoms with E-state index in [9.17, 15) is 10.1 Å². The van der Waals surface area contributed by atoms with Crippen LogP contribution in [0, 0.1) is 23.2 Å². The number of methoxy groups -OCH3 is 1. The summed E-state index contributed by atoms with van der Waals surface area (Å²) in [5.41, 5.74) is 0.168. The minimum Gasteiger partial charge on any atom is -0.492 e. The third-order valence-electron chi connectivity index (χ3n) is 4.16. The number of rotatable bonds is 7. The van der Waals surface area contributed by atoms with Crippen LogP contribution < -0.4 is 10.1 Å². The lowest BCUT2D eigenvalue weighted by Crippen LogP contribution is -2.44. The number of nitriles is 1. The Kier molecular flexibility index (Phi) is 5.27. The van der Waals surface area contributed by atoms with E-state index in [2.05, 4.69) is 11.4 Å². The Labute approximate surface area is 137 Å². The van der Waals surface area contributed by atoms with Gasteiger partial charge < -0.3 is 14.8 Å². The van der Waals surface area contributed by atoms with Crippen molar-refractivity contribution < 1.29 is 14.3 Å². The lowest BCUT2D eigenvalue weighted by atomic mass is 9.99. The summed E-state index contributed by atoms with van der Waals surface area (Å²) >= 11 is 0. The first kappa shape index (κ1) is 17.3. The highest BCUT2D eigenvalue weighted by molar-refractivity contribution is 5.97. The molecular formula is C18H24N2O3.